The van der Waals surface area contributed by atoms with E-state index in [0.29, 0.717) is 29.6 Å². The van der Waals surface area contributed by atoms with Crippen LogP contribution in [0.4, 0.5) is 5.69 Å². The number of carbonyl (C=O) groups excluding carboxylic acids is 1. The summed E-state index contributed by atoms with van der Waals surface area (Å²) in [5.41, 5.74) is 3.56. The van der Waals surface area contributed by atoms with Gasteiger partial charge in [0.05, 0.1) is 12.7 Å². The Labute approximate surface area is 155 Å². The molecule has 0 spiro atoms. The lowest BCUT2D eigenvalue weighted by molar-refractivity contribution is 0.102. The summed E-state index contributed by atoms with van der Waals surface area (Å²) >= 11 is 0. The number of nitrogens with zero attached hydrogens (tertiary/aromatic N) is 4. The summed E-state index contributed by atoms with van der Waals surface area (Å²) in [6, 6.07) is 11.2. The van der Waals surface area contributed by atoms with Crippen molar-refractivity contribution in [3.63, 3.8) is 0 Å². The van der Waals surface area contributed by atoms with Gasteiger partial charge in [0.25, 0.3) is 5.91 Å². The molecule has 4 rings (SSSR count). The van der Waals surface area contributed by atoms with Crippen LogP contribution in [-0.2, 0) is 6.54 Å². The van der Waals surface area contributed by atoms with Crippen molar-refractivity contribution in [3.05, 3.63) is 65.9 Å². The fraction of sp³-hybridized carbons (Fsp3) is 0.158. The molecule has 0 bridgehead atoms. The normalized spacial score (nSPS) is 11.0. The second kappa shape index (κ2) is 7.00. The molecule has 1 amide bonds. The molecule has 8 nitrogen and oxygen atoms in total. The standard InChI is InChI=1S/C19H18N6O2/c1-12-6-7-13(18-23-17(11-20-2)27-24-18)9-14(12)22-19(26)15-10-21-16-5-3-4-8-25(15)16/h3-10,20H,11H2,1-2H3,(H,22,26). The highest BCUT2D eigenvalue weighted by molar-refractivity contribution is 6.04. The zero-order valence-corrected chi connectivity index (χ0v) is 14.9. The highest BCUT2D eigenvalue weighted by atomic mass is 16.5. The van der Waals surface area contributed by atoms with Crippen LogP contribution in [-0.4, -0.2) is 32.5 Å². The molecule has 136 valence electrons. The van der Waals surface area contributed by atoms with Gasteiger partial charge in [0.1, 0.15) is 11.3 Å². The lowest BCUT2D eigenvalue weighted by Gasteiger charge is -2.09. The smallest absolute Gasteiger partial charge is 0.274 e. The van der Waals surface area contributed by atoms with Gasteiger partial charge < -0.3 is 15.2 Å². The van der Waals surface area contributed by atoms with Crippen LogP contribution in [0.1, 0.15) is 21.9 Å². The van der Waals surface area contributed by atoms with Crippen LogP contribution in [0.25, 0.3) is 17.0 Å². The van der Waals surface area contributed by atoms with E-state index in [9.17, 15) is 4.79 Å². The number of hydrogen-bond donors (Lipinski definition) is 2. The Morgan fingerprint density at radius 2 is 2.15 bits per heavy atom. The van der Waals surface area contributed by atoms with Crippen LogP contribution < -0.4 is 10.6 Å². The number of fused-ring (bicyclic) bond motifs is 1. The molecule has 0 aliphatic carbocycles. The number of imidazole rings is 1. The van der Waals surface area contributed by atoms with Crippen LogP contribution in [0.5, 0.6) is 0 Å². The van der Waals surface area contributed by atoms with Crippen LogP contribution in [0.2, 0.25) is 0 Å². The molecule has 2 N–H and O–H groups in total. The van der Waals surface area contributed by atoms with E-state index in [0.717, 1.165) is 16.8 Å². The van der Waals surface area contributed by atoms with Crippen molar-refractivity contribution < 1.29 is 9.32 Å². The zero-order valence-electron chi connectivity index (χ0n) is 14.9. The van der Waals surface area contributed by atoms with Crippen molar-refractivity contribution in [2.24, 2.45) is 0 Å². The van der Waals surface area contributed by atoms with E-state index in [4.69, 9.17) is 4.52 Å². The van der Waals surface area contributed by atoms with Crippen molar-refractivity contribution >= 4 is 17.2 Å². The highest BCUT2D eigenvalue weighted by Gasteiger charge is 2.15. The number of hydrogen-bond acceptors (Lipinski definition) is 6. The average molecular weight is 362 g/mol. The summed E-state index contributed by atoms with van der Waals surface area (Å²) in [5.74, 6) is 0.743. The number of rotatable bonds is 5. The summed E-state index contributed by atoms with van der Waals surface area (Å²) in [4.78, 5) is 21.3. The first-order chi connectivity index (χ1) is 13.2. The second-order valence-corrected chi connectivity index (χ2v) is 6.10. The summed E-state index contributed by atoms with van der Waals surface area (Å²) in [6.07, 6.45) is 3.37. The molecule has 3 aromatic heterocycles. The molecule has 0 aliphatic heterocycles. The van der Waals surface area contributed by atoms with Gasteiger partial charge in [-0.25, -0.2) is 4.98 Å². The van der Waals surface area contributed by atoms with Crippen molar-refractivity contribution in [1.29, 1.82) is 0 Å². The number of aromatic nitrogens is 4. The number of carbonyl (C=O) groups is 1. The fourth-order valence-electron chi connectivity index (χ4n) is 2.78. The number of aryl methyl sites for hydroxylation is 1. The van der Waals surface area contributed by atoms with Crippen LogP contribution in [0, 0.1) is 6.92 Å². The van der Waals surface area contributed by atoms with Gasteiger partial charge in [-0.15, -0.1) is 0 Å². The predicted octanol–water partition coefficient (Wildman–Crippen LogP) is 2.66. The maximum atomic E-state index is 12.7. The third-order valence-corrected chi connectivity index (χ3v) is 4.19. The van der Waals surface area contributed by atoms with E-state index >= 15 is 0 Å². The summed E-state index contributed by atoms with van der Waals surface area (Å²) in [6.45, 7) is 2.42. The quantitative estimate of drug-likeness (QED) is 0.566. The molecule has 8 heteroatoms. The first-order valence-corrected chi connectivity index (χ1v) is 8.47. The molecule has 0 saturated carbocycles. The Bertz CT molecular complexity index is 1110. The summed E-state index contributed by atoms with van der Waals surface area (Å²) in [5, 5.41) is 9.91. The Balaban J connectivity index is 1.62. The Kier molecular flexibility index (Phi) is 4.39. The topological polar surface area (TPSA) is 97.3 Å². The Hall–Kier alpha value is -3.52. The lowest BCUT2D eigenvalue weighted by atomic mass is 10.1. The minimum Gasteiger partial charge on any atom is -0.338 e. The Morgan fingerprint density at radius 3 is 3.00 bits per heavy atom. The predicted molar refractivity (Wildman–Crippen MR) is 100 cm³/mol. The van der Waals surface area contributed by atoms with Crippen molar-refractivity contribution in [1.82, 2.24) is 24.8 Å². The summed E-state index contributed by atoms with van der Waals surface area (Å²) in [7, 11) is 1.81. The molecule has 0 radical (unpaired) electrons. The minimum absolute atomic E-state index is 0.238. The van der Waals surface area contributed by atoms with Crippen molar-refractivity contribution in [2.45, 2.75) is 13.5 Å². The number of amides is 1. The average Bonchev–Trinajstić information content (AvgIpc) is 3.31. The monoisotopic (exact) mass is 362 g/mol. The van der Waals surface area contributed by atoms with Crippen LogP contribution >= 0.6 is 0 Å². The number of pyridine rings is 1. The maximum absolute atomic E-state index is 12.7. The molecular weight excluding hydrogens is 344 g/mol. The molecule has 3 heterocycles. The number of nitrogens with one attached hydrogen (secondary N) is 2. The van der Waals surface area contributed by atoms with Gasteiger partial charge >= 0.3 is 0 Å². The lowest BCUT2D eigenvalue weighted by Crippen LogP contribution is -2.15. The molecule has 0 aliphatic rings. The number of benzene rings is 1. The minimum atomic E-state index is -0.238. The van der Waals surface area contributed by atoms with Gasteiger partial charge in [0.2, 0.25) is 11.7 Å². The largest absolute Gasteiger partial charge is 0.338 e. The van der Waals surface area contributed by atoms with Gasteiger partial charge in [0.15, 0.2) is 0 Å². The maximum Gasteiger partial charge on any atom is 0.274 e. The van der Waals surface area contributed by atoms with Gasteiger partial charge in [-0.2, -0.15) is 4.98 Å². The van der Waals surface area contributed by atoms with Gasteiger partial charge in [-0.3, -0.25) is 9.20 Å². The van der Waals surface area contributed by atoms with E-state index in [2.05, 4.69) is 25.8 Å². The Morgan fingerprint density at radius 1 is 1.26 bits per heavy atom. The molecule has 27 heavy (non-hydrogen) atoms. The van der Waals surface area contributed by atoms with E-state index in [1.165, 1.54) is 0 Å². The molecular formula is C19H18N6O2. The van der Waals surface area contributed by atoms with Gasteiger partial charge in [0, 0.05) is 17.4 Å². The zero-order chi connectivity index (χ0) is 18.8. The molecule has 4 aromatic rings. The van der Waals surface area contributed by atoms with E-state index in [1.54, 1.807) is 10.6 Å². The molecule has 0 fully saturated rings. The summed E-state index contributed by atoms with van der Waals surface area (Å²) < 4.78 is 6.94. The third-order valence-electron chi connectivity index (χ3n) is 4.19. The molecule has 0 atom stereocenters. The SMILES string of the molecule is CNCc1nc(-c2ccc(C)c(NC(=O)c3cnc4ccccn34)c2)no1. The molecule has 1 aromatic carbocycles. The van der Waals surface area contributed by atoms with Crippen molar-refractivity contribution in [3.8, 4) is 11.4 Å². The van der Waals surface area contributed by atoms with E-state index in [1.807, 2.05) is 56.6 Å². The fourth-order valence-corrected chi connectivity index (χ4v) is 2.78. The van der Waals surface area contributed by atoms with Gasteiger partial charge in [-0.05, 0) is 37.7 Å². The van der Waals surface area contributed by atoms with Crippen LogP contribution in [0.3, 0.4) is 0 Å². The van der Waals surface area contributed by atoms with Crippen LogP contribution in [0.15, 0.2) is 53.3 Å². The first kappa shape index (κ1) is 16.9. The third kappa shape index (κ3) is 3.30. The van der Waals surface area contributed by atoms with Gasteiger partial charge in [-0.1, -0.05) is 23.4 Å². The second-order valence-electron chi connectivity index (χ2n) is 6.10. The number of anilines is 1. The molecule has 0 unspecified atom stereocenters. The van der Waals surface area contributed by atoms with Crippen molar-refractivity contribution in [2.75, 3.05) is 12.4 Å². The highest BCUT2D eigenvalue weighted by Crippen LogP contribution is 2.24. The van der Waals surface area contributed by atoms with E-state index in [-0.39, 0.29) is 5.91 Å². The first-order valence-electron chi connectivity index (χ1n) is 8.47. The van der Waals surface area contributed by atoms with E-state index < -0.39 is 0 Å². The molecule has 0 saturated heterocycles.